The lowest BCUT2D eigenvalue weighted by Gasteiger charge is -2.21. The van der Waals surface area contributed by atoms with Gasteiger partial charge in [-0.15, -0.1) is 0 Å². The van der Waals surface area contributed by atoms with Crippen LogP contribution in [0.4, 0.5) is 45.2 Å². The van der Waals surface area contributed by atoms with Gasteiger partial charge in [0.05, 0.1) is 71.2 Å². The molecule has 0 aliphatic heterocycles. The van der Waals surface area contributed by atoms with E-state index in [1.807, 2.05) is 24.3 Å². The van der Waals surface area contributed by atoms with Gasteiger partial charge in [0.25, 0.3) is 0 Å². The Labute approximate surface area is 766 Å². The Bertz CT molecular complexity index is 6270. The molecule has 0 saturated carbocycles. The van der Waals surface area contributed by atoms with E-state index in [2.05, 4.69) is 37.2 Å². The molecule has 4 amide bonds. The summed E-state index contributed by atoms with van der Waals surface area (Å²) in [7, 11) is 0. The summed E-state index contributed by atoms with van der Waals surface area (Å²) in [6.07, 6.45) is 5.40. The number of rotatable bonds is 16. The predicted molar refractivity (Wildman–Crippen MR) is 497 cm³/mol. The van der Waals surface area contributed by atoms with E-state index >= 15 is 0 Å². The first-order chi connectivity index (χ1) is 63.8. The summed E-state index contributed by atoms with van der Waals surface area (Å²) in [4.78, 5) is 89.6. The van der Waals surface area contributed by atoms with Gasteiger partial charge in [-0.3, -0.25) is 19.2 Å². The molecule has 28 heteroatoms. The standard InChI is InChI=1S/C26H19BrFN3O2.C26H19ClFN3O2.C26H19F2N3O2.C26H20FN3O3/c3*27-18-6-1-15(2-7-18)13-23(33)30-26-24(16-3-9-20(32)10-4-16)31-25-21-11-8-19(28)14-17(21)5-12-22(25)29-26;27-18-6-11-21-17(14-18)5-12-22-25(21)30-24(16-3-9-20(32)10-4-16)26(28-22)29-23(33)13-15-1-7-19(31)8-2-15/h3*1-4,6-11,14,32H,5,12-13H2,(H,29,30,33);1-4,6-11,14,31-32H,5,12-13H2,(H,28,29,33). The van der Waals surface area contributed by atoms with Crippen LogP contribution in [0.3, 0.4) is 0 Å². The van der Waals surface area contributed by atoms with Crippen molar-refractivity contribution in [3.63, 3.8) is 0 Å². The van der Waals surface area contributed by atoms with Gasteiger partial charge >= 0.3 is 0 Å². The second-order valence-corrected chi connectivity index (χ2v) is 33.1. The maximum absolute atomic E-state index is 13.8. The number of phenols is 5. The topological polar surface area (TPSA) is 321 Å². The number of nitrogens with zero attached hydrogens (tertiary/aromatic N) is 8. The highest BCUT2D eigenvalue weighted by Crippen LogP contribution is 2.43. The third-order valence-corrected chi connectivity index (χ3v) is 23.2. The number of halogens is 7. The van der Waals surface area contributed by atoms with Crippen LogP contribution >= 0.6 is 27.5 Å². The van der Waals surface area contributed by atoms with E-state index in [-0.39, 0.29) is 107 Å². The van der Waals surface area contributed by atoms with Crippen LogP contribution in [0, 0.1) is 29.1 Å². The van der Waals surface area contributed by atoms with Crippen molar-refractivity contribution < 1.29 is 66.7 Å². The Morgan fingerprint density at radius 3 is 0.727 bits per heavy atom. The van der Waals surface area contributed by atoms with Gasteiger partial charge in [-0.25, -0.2) is 61.8 Å². The van der Waals surface area contributed by atoms with Crippen molar-refractivity contribution in [2.24, 2.45) is 0 Å². The normalized spacial score (nSPS) is 12.1. The highest BCUT2D eigenvalue weighted by Gasteiger charge is 2.30. The first-order valence-corrected chi connectivity index (χ1v) is 43.2. The minimum absolute atomic E-state index is 0.0518. The summed E-state index contributed by atoms with van der Waals surface area (Å²) < 4.78 is 69.1. The molecule has 12 aromatic carbocycles. The van der Waals surface area contributed by atoms with E-state index in [0.29, 0.717) is 159 Å². The van der Waals surface area contributed by atoms with Crippen LogP contribution in [0.25, 0.3) is 90.1 Å². The van der Waals surface area contributed by atoms with Crippen LogP contribution in [0.5, 0.6) is 28.7 Å². The van der Waals surface area contributed by atoms with E-state index in [0.717, 1.165) is 82.8 Å². The molecule has 0 radical (unpaired) electrons. The fraction of sp³-hybridized carbons (Fsp3) is 0.115. The summed E-state index contributed by atoms with van der Waals surface area (Å²) in [5.74, 6) is -0.574. The van der Waals surface area contributed by atoms with Gasteiger partial charge in [0, 0.05) is 54.0 Å². The average molecular weight is 1850 g/mol. The zero-order valence-corrected chi connectivity index (χ0v) is 72.3. The van der Waals surface area contributed by atoms with Crippen molar-refractivity contribution >= 4 is 74.4 Å². The maximum atomic E-state index is 13.8. The highest BCUT2D eigenvalue weighted by molar-refractivity contribution is 9.10. The van der Waals surface area contributed by atoms with Gasteiger partial charge in [-0.05, 0) is 314 Å². The van der Waals surface area contributed by atoms with Crippen molar-refractivity contribution in [3.05, 3.63) is 373 Å². The van der Waals surface area contributed by atoms with Crippen molar-refractivity contribution in [2.75, 3.05) is 21.3 Å². The lowest BCUT2D eigenvalue weighted by atomic mass is 9.91. The molecule has 21 nitrogen and oxygen atoms in total. The van der Waals surface area contributed by atoms with E-state index < -0.39 is 0 Å². The number of carbonyl (C=O) groups excluding carboxylic acids is 4. The molecule has 4 aromatic heterocycles. The zero-order valence-electron chi connectivity index (χ0n) is 70.0. The predicted octanol–water partition coefficient (Wildman–Crippen LogP) is 21.0. The molecule has 4 aliphatic carbocycles. The molecular formula is C104H77BrClF5N12O9. The number of fused-ring (bicyclic) bond motifs is 12. The van der Waals surface area contributed by atoms with Gasteiger partial charge in [-0.2, -0.15) is 0 Å². The van der Waals surface area contributed by atoms with Crippen LogP contribution in [-0.4, -0.2) is 89.0 Å². The molecule has 0 spiro atoms. The number of nitrogens with one attached hydrogen (secondary N) is 4. The van der Waals surface area contributed by atoms with Crippen molar-refractivity contribution in [1.29, 1.82) is 0 Å². The lowest BCUT2D eigenvalue weighted by molar-refractivity contribution is -0.116. The molecule has 16 aromatic rings. The Morgan fingerprint density at radius 1 is 0.265 bits per heavy atom. The summed E-state index contributed by atoms with van der Waals surface area (Å²) >= 11 is 9.33. The average Bonchev–Trinajstić information content (AvgIpc) is 0.776. The van der Waals surface area contributed by atoms with Crippen LogP contribution in [0.1, 0.15) is 67.3 Å². The Balaban J connectivity index is 0.000000123. The van der Waals surface area contributed by atoms with Crippen LogP contribution < -0.4 is 21.3 Å². The fourth-order valence-electron chi connectivity index (χ4n) is 16.0. The van der Waals surface area contributed by atoms with E-state index in [4.69, 9.17) is 51.5 Å². The minimum Gasteiger partial charge on any atom is -0.508 e. The molecule has 0 fully saturated rings. The summed E-state index contributed by atoms with van der Waals surface area (Å²) in [6, 6.07) is 71.5. The van der Waals surface area contributed by atoms with Crippen molar-refractivity contribution in [3.8, 4) is 119 Å². The number of hydrogen-bond donors (Lipinski definition) is 9. The second kappa shape index (κ2) is 39.1. The van der Waals surface area contributed by atoms with Crippen molar-refractivity contribution in [2.45, 2.75) is 77.0 Å². The maximum Gasteiger partial charge on any atom is 0.230 e. The van der Waals surface area contributed by atoms with E-state index in [1.165, 1.54) is 84.9 Å². The van der Waals surface area contributed by atoms with Gasteiger partial charge < -0.3 is 46.8 Å². The molecule has 132 heavy (non-hydrogen) atoms. The molecule has 4 heterocycles. The van der Waals surface area contributed by atoms with E-state index in [1.54, 1.807) is 158 Å². The molecule has 9 N–H and O–H groups in total. The zero-order chi connectivity index (χ0) is 91.8. The monoisotopic (exact) mass is 1850 g/mol. The number of carbonyl (C=O) groups is 4. The Hall–Kier alpha value is -15.7. The number of aromatic nitrogens is 8. The van der Waals surface area contributed by atoms with Gasteiger partial charge in [0.2, 0.25) is 23.6 Å². The minimum atomic E-state index is -0.366. The Kier molecular flexibility index (Phi) is 26.1. The molecule has 4 aliphatic rings. The number of aromatic hydroxyl groups is 5. The van der Waals surface area contributed by atoms with Crippen LogP contribution in [0.2, 0.25) is 5.02 Å². The third kappa shape index (κ3) is 21.0. The highest BCUT2D eigenvalue weighted by atomic mass is 79.9. The van der Waals surface area contributed by atoms with Gasteiger partial charge in [0.15, 0.2) is 23.3 Å². The fourth-order valence-corrected chi connectivity index (χ4v) is 16.3. The molecule has 20 rings (SSSR count). The van der Waals surface area contributed by atoms with Crippen LogP contribution in [0.15, 0.2) is 271 Å². The largest absolute Gasteiger partial charge is 0.508 e. The summed E-state index contributed by atoms with van der Waals surface area (Å²) in [5.41, 5.74) is 20.2. The molecule has 656 valence electrons. The molecule has 0 saturated heterocycles. The molecule has 0 unspecified atom stereocenters. The first kappa shape index (κ1) is 88.3. The second-order valence-electron chi connectivity index (χ2n) is 31.7. The lowest BCUT2D eigenvalue weighted by Crippen LogP contribution is -2.19. The number of benzene rings is 12. The SMILES string of the molecule is O=C(Cc1ccc(Br)cc1)Nc1nc2c(nc1-c1ccc(O)cc1)-c1ccc(F)cc1CC2.O=C(Cc1ccc(Cl)cc1)Nc1nc2c(nc1-c1ccc(O)cc1)-c1ccc(F)cc1CC2.O=C(Cc1ccc(F)cc1)Nc1nc2c(nc1-c1ccc(O)cc1)-c1ccc(F)cc1CC2.O=C(Cc1ccc(O)cc1)Nc1nc2c(nc1-c1ccc(O)cc1)-c1ccc(F)cc1CC2. The first-order valence-electron chi connectivity index (χ1n) is 42.0. The summed E-state index contributed by atoms with van der Waals surface area (Å²) in [6.45, 7) is 0. The van der Waals surface area contributed by atoms with Gasteiger partial charge in [-0.1, -0.05) is 76.1 Å². The molecular weight excluding hydrogens is 1770 g/mol. The number of hydrogen-bond acceptors (Lipinski definition) is 17. The Morgan fingerprint density at radius 2 is 0.477 bits per heavy atom. The smallest absolute Gasteiger partial charge is 0.230 e. The number of aryl methyl sites for hydroxylation is 8. The molecule has 0 bridgehead atoms. The number of amides is 4. The van der Waals surface area contributed by atoms with Gasteiger partial charge in [0.1, 0.15) is 80.6 Å². The van der Waals surface area contributed by atoms with Crippen molar-refractivity contribution in [1.82, 2.24) is 39.9 Å². The molecule has 0 atom stereocenters. The summed E-state index contributed by atoms with van der Waals surface area (Å²) in [5, 5.41) is 60.4. The van der Waals surface area contributed by atoms with E-state index in [9.17, 15) is 66.7 Å². The quantitative estimate of drug-likeness (QED) is 0.0406. The van der Waals surface area contributed by atoms with Crippen LogP contribution in [-0.2, 0) is 96.2 Å². The number of anilines is 4. The third-order valence-electron chi connectivity index (χ3n) is 22.4. The number of phenolic OH excluding ortho intramolecular Hbond substituents is 5.